The van der Waals surface area contributed by atoms with Crippen LogP contribution in [0.3, 0.4) is 0 Å². The number of hydrogen-bond acceptors (Lipinski definition) is 5. The van der Waals surface area contributed by atoms with Crippen molar-refractivity contribution in [1.82, 2.24) is 20.0 Å². The van der Waals surface area contributed by atoms with E-state index in [2.05, 4.69) is 58.1 Å². The summed E-state index contributed by atoms with van der Waals surface area (Å²) in [5.41, 5.74) is 5.14. The SMILES string of the molecule is CC(C)(C(=O)Nc1nncs1)C(c1ccccc1)c1ccc2nn(Cc3ccccc3)cc2c1. The zero-order valence-corrected chi connectivity index (χ0v) is 19.9. The fraction of sp³-hybridized carbons (Fsp3) is 0.185. The average molecular weight is 468 g/mol. The summed E-state index contributed by atoms with van der Waals surface area (Å²) in [7, 11) is 0. The predicted molar refractivity (Wildman–Crippen MR) is 136 cm³/mol. The van der Waals surface area contributed by atoms with Crippen molar-refractivity contribution in [1.29, 1.82) is 0 Å². The monoisotopic (exact) mass is 467 g/mol. The second-order valence-corrected chi connectivity index (χ2v) is 9.73. The van der Waals surface area contributed by atoms with Crippen LogP contribution in [0, 0.1) is 5.41 Å². The summed E-state index contributed by atoms with van der Waals surface area (Å²) in [6, 6.07) is 26.7. The van der Waals surface area contributed by atoms with Gasteiger partial charge in [-0.3, -0.25) is 9.48 Å². The van der Waals surface area contributed by atoms with E-state index in [1.807, 2.05) is 61.0 Å². The maximum Gasteiger partial charge on any atom is 0.232 e. The lowest BCUT2D eigenvalue weighted by atomic mass is 9.70. The van der Waals surface area contributed by atoms with Crippen LogP contribution in [-0.4, -0.2) is 25.9 Å². The van der Waals surface area contributed by atoms with E-state index in [1.165, 1.54) is 16.9 Å². The molecule has 6 nitrogen and oxygen atoms in total. The van der Waals surface area contributed by atoms with Crippen LogP contribution in [0.5, 0.6) is 0 Å². The van der Waals surface area contributed by atoms with Gasteiger partial charge >= 0.3 is 0 Å². The van der Waals surface area contributed by atoms with Crippen LogP contribution in [0.4, 0.5) is 5.13 Å². The minimum Gasteiger partial charge on any atom is -0.300 e. The van der Waals surface area contributed by atoms with E-state index in [1.54, 1.807) is 5.51 Å². The molecular weight excluding hydrogens is 442 g/mol. The second-order valence-electron chi connectivity index (χ2n) is 8.89. The minimum atomic E-state index is -0.749. The van der Waals surface area contributed by atoms with Gasteiger partial charge in [-0.15, -0.1) is 10.2 Å². The third-order valence-corrected chi connectivity index (χ3v) is 6.72. The topological polar surface area (TPSA) is 72.7 Å². The van der Waals surface area contributed by atoms with E-state index in [4.69, 9.17) is 5.10 Å². The Kier molecular flexibility index (Phi) is 5.94. The number of anilines is 1. The van der Waals surface area contributed by atoms with Crippen molar-refractivity contribution in [3.63, 3.8) is 0 Å². The Labute approximate surface area is 202 Å². The van der Waals surface area contributed by atoms with E-state index < -0.39 is 5.41 Å². The highest BCUT2D eigenvalue weighted by Gasteiger charge is 2.39. The molecule has 1 atom stereocenters. The summed E-state index contributed by atoms with van der Waals surface area (Å²) < 4.78 is 1.97. The molecule has 7 heteroatoms. The molecule has 0 bridgehead atoms. The zero-order valence-electron chi connectivity index (χ0n) is 19.1. The summed E-state index contributed by atoms with van der Waals surface area (Å²) in [5.74, 6) is -0.263. The van der Waals surface area contributed by atoms with E-state index in [0.29, 0.717) is 11.7 Å². The molecule has 1 N–H and O–H groups in total. The van der Waals surface area contributed by atoms with Crippen LogP contribution in [0.1, 0.15) is 36.5 Å². The summed E-state index contributed by atoms with van der Waals surface area (Å²) in [4.78, 5) is 13.4. The van der Waals surface area contributed by atoms with Gasteiger partial charge in [-0.05, 0) is 28.8 Å². The molecule has 34 heavy (non-hydrogen) atoms. The standard InChI is InChI=1S/C27H25N5OS/c1-27(2,25(33)29-26-30-28-18-34-26)24(20-11-7-4-8-12-20)21-13-14-23-22(15-21)17-32(31-23)16-19-9-5-3-6-10-19/h3-15,17-18,24H,16H2,1-2H3,(H,29,30,33). The molecule has 0 saturated carbocycles. The van der Waals surface area contributed by atoms with Crippen LogP contribution in [0.15, 0.2) is 90.6 Å². The van der Waals surface area contributed by atoms with E-state index in [0.717, 1.165) is 22.0 Å². The van der Waals surface area contributed by atoms with E-state index in [9.17, 15) is 4.79 Å². The van der Waals surface area contributed by atoms with Crippen LogP contribution in [0.2, 0.25) is 0 Å². The Morgan fingerprint density at radius 1 is 1.00 bits per heavy atom. The van der Waals surface area contributed by atoms with Gasteiger partial charge in [-0.2, -0.15) is 5.10 Å². The molecule has 0 spiro atoms. The first-order chi connectivity index (χ1) is 16.5. The number of benzene rings is 3. The molecule has 5 rings (SSSR count). The first kappa shape index (κ1) is 22.0. The number of aromatic nitrogens is 4. The van der Waals surface area contributed by atoms with Crippen LogP contribution in [0.25, 0.3) is 10.9 Å². The van der Waals surface area contributed by atoms with Crippen molar-refractivity contribution in [2.45, 2.75) is 26.3 Å². The third kappa shape index (κ3) is 4.47. The first-order valence-electron chi connectivity index (χ1n) is 11.1. The molecule has 0 radical (unpaired) electrons. The quantitative estimate of drug-likeness (QED) is 0.332. The Balaban J connectivity index is 1.52. The highest BCUT2D eigenvalue weighted by atomic mass is 32.1. The first-order valence-corrected chi connectivity index (χ1v) is 12.0. The maximum absolute atomic E-state index is 13.4. The normalized spacial score (nSPS) is 12.5. The van der Waals surface area contributed by atoms with Gasteiger partial charge in [0.1, 0.15) is 5.51 Å². The van der Waals surface area contributed by atoms with Crippen LogP contribution < -0.4 is 5.32 Å². The van der Waals surface area contributed by atoms with Crippen molar-refractivity contribution in [3.8, 4) is 0 Å². The lowest BCUT2D eigenvalue weighted by Crippen LogP contribution is -2.37. The van der Waals surface area contributed by atoms with Crippen LogP contribution >= 0.6 is 11.3 Å². The molecule has 0 saturated heterocycles. The third-order valence-electron chi connectivity index (χ3n) is 6.12. The molecule has 0 aliphatic heterocycles. The number of rotatable bonds is 7. The Morgan fingerprint density at radius 2 is 1.74 bits per heavy atom. The lowest BCUT2D eigenvalue weighted by molar-refractivity contribution is -0.124. The lowest BCUT2D eigenvalue weighted by Gasteiger charge is -2.33. The molecule has 170 valence electrons. The fourth-order valence-corrected chi connectivity index (χ4v) is 4.85. The molecule has 0 fully saturated rings. The highest BCUT2D eigenvalue weighted by molar-refractivity contribution is 7.13. The Morgan fingerprint density at radius 3 is 2.44 bits per heavy atom. The molecule has 2 heterocycles. The molecule has 0 aliphatic rings. The van der Waals surface area contributed by atoms with Gasteiger partial charge in [0.05, 0.1) is 17.5 Å². The van der Waals surface area contributed by atoms with Crippen LogP contribution in [-0.2, 0) is 11.3 Å². The van der Waals surface area contributed by atoms with Gasteiger partial charge in [-0.25, -0.2) is 0 Å². The summed E-state index contributed by atoms with van der Waals surface area (Å²) in [6.45, 7) is 4.66. The van der Waals surface area contributed by atoms with E-state index >= 15 is 0 Å². The van der Waals surface area contributed by atoms with Gasteiger partial charge in [0.15, 0.2) is 0 Å². The Bertz CT molecular complexity index is 1400. The number of fused-ring (bicyclic) bond motifs is 1. The number of nitrogens with zero attached hydrogens (tertiary/aromatic N) is 4. The maximum atomic E-state index is 13.4. The van der Waals surface area contributed by atoms with Crippen molar-refractivity contribution < 1.29 is 4.79 Å². The summed E-state index contributed by atoms with van der Waals surface area (Å²) in [6.07, 6.45) is 2.07. The number of amides is 1. The Hall–Kier alpha value is -3.84. The molecule has 0 aliphatic carbocycles. The van der Waals surface area contributed by atoms with E-state index in [-0.39, 0.29) is 11.8 Å². The van der Waals surface area contributed by atoms with Crippen molar-refractivity contribution in [2.24, 2.45) is 5.41 Å². The molecule has 1 unspecified atom stereocenters. The average Bonchev–Trinajstić information content (AvgIpc) is 3.49. The van der Waals surface area contributed by atoms with Crippen molar-refractivity contribution in [2.75, 3.05) is 5.32 Å². The molecule has 1 amide bonds. The number of hydrogen-bond donors (Lipinski definition) is 1. The zero-order chi connectivity index (χ0) is 23.5. The van der Waals surface area contributed by atoms with Gasteiger partial charge in [0.25, 0.3) is 0 Å². The van der Waals surface area contributed by atoms with Gasteiger partial charge in [0, 0.05) is 17.5 Å². The predicted octanol–water partition coefficient (Wildman–Crippen LogP) is 5.73. The van der Waals surface area contributed by atoms with Gasteiger partial charge in [-0.1, -0.05) is 91.9 Å². The van der Waals surface area contributed by atoms with Crippen molar-refractivity contribution >= 4 is 33.3 Å². The molecule has 5 aromatic rings. The fourth-order valence-electron chi connectivity index (χ4n) is 4.41. The van der Waals surface area contributed by atoms with Gasteiger partial charge in [0.2, 0.25) is 11.0 Å². The minimum absolute atomic E-state index is 0.0991. The largest absolute Gasteiger partial charge is 0.300 e. The molecular formula is C27H25N5OS. The summed E-state index contributed by atoms with van der Waals surface area (Å²) >= 11 is 1.31. The number of nitrogens with one attached hydrogen (secondary N) is 1. The smallest absolute Gasteiger partial charge is 0.232 e. The highest BCUT2D eigenvalue weighted by Crippen LogP contribution is 2.42. The summed E-state index contributed by atoms with van der Waals surface area (Å²) in [5, 5.41) is 17.1. The second kappa shape index (κ2) is 9.19. The number of carbonyl (C=O) groups excluding carboxylic acids is 1. The van der Waals surface area contributed by atoms with Crippen molar-refractivity contribution in [3.05, 3.63) is 107 Å². The molecule has 2 aromatic heterocycles. The number of carbonyl (C=O) groups is 1. The molecule has 3 aromatic carbocycles. The van der Waals surface area contributed by atoms with Gasteiger partial charge < -0.3 is 5.32 Å².